The average Bonchev–Trinajstić information content (AvgIpc) is 2.87. The third kappa shape index (κ3) is 6.09. The Morgan fingerprint density at radius 2 is 1.91 bits per heavy atom. The van der Waals surface area contributed by atoms with Gasteiger partial charge in [-0.1, -0.05) is 19.1 Å². The quantitative estimate of drug-likeness (QED) is 0.471. The monoisotopic (exact) mass is 503 g/mol. The zero-order valence-corrected chi connectivity index (χ0v) is 20.3. The zero-order valence-electron chi connectivity index (χ0n) is 19.5. The molecule has 0 fully saturated rings. The number of hydrogen-bond acceptors (Lipinski definition) is 7. The largest absolute Gasteiger partial charge is 0.472 e. The van der Waals surface area contributed by atoms with Crippen LogP contribution in [0.5, 0.6) is 5.88 Å². The summed E-state index contributed by atoms with van der Waals surface area (Å²) in [7, 11) is -3.82. The van der Waals surface area contributed by atoms with Gasteiger partial charge in [-0.2, -0.15) is 0 Å². The molecular weight excluding hydrogens is 476 g/mol. The van der Waals surface area contributed by atoms with Crippen LogP contribution >= 0.6 is 0 Å². The van der Waals surface area contributed by atoms with Crippen molar-refractivity contribution in [3.8, 4) is 5.88 Å². The van der Waals surface area contributed by atoms with E-state index in [1.165, 1.54) is 6.20 Å². The summed E-state index contributed by atoms with van der Waals surface area (Å²) < 4.78 is 58.0. The lowest BCUT2D eigenvalue weighted by molar-refractivity contribution is 0.0795. The van der Waals surface area contributed by atoms with Crippen LogP contribution in [0.4, 0.5) is 14.6 Å². The number of sulfonamides is 1. The number of alkyl halides is 2. The van der Waals surface area contributed by atoms with E-state index < -0.39 is 23.1 Å². The van der Waals surface area contributed by atoms with Crippen LogP contribution in [0, 0.1) is 0 Å². The minimum Gasteiger partial charge on any atom is -0.472 e. The van der Waals surface area contributed by atoms with E-state index in [0.29, 0.717) is 13.0 Å². The van der Waals surface area contributed by atoms with Crippen LogP contribution in [0.3, 0.4) is 0 Å². The van der Waals surface area contributed by atoms with Gasteiger partial charge in [0.15, 0.2) is 12.4 Å². The second kappa shape index (κ2) is 10.6. The fourth-order valence-corrected chi connectivity index (χ4v) is 4.97. The molecule has 4 rings (SSSR count). The second-order valence-corrected chi connectivity index (χ2v) is 9.99. The first kappa shape index (κ1) is 24.9. The molecular formula is C24H27F2N5O3S. The maximum atomic E-state index is 12.9. The molecule has 1 atom stereocenters. The number of nitrogens with one attached hydrogen (secondary N) is 1. The van der Waals surface area contributed by atoms with Gasteiger partial charge < -0.3 is 4.74 Å². The first-order valence-electron chi connectivity index (χ1n) is 11.3. The molecule has 0 saturated heterocycles. The van der Waals surface area contributed by atoms with Crippen LogP contribution in [0.15, 0.2) is 53.8 Å². The molecule has 0 spiro atoms. The topological polar surface area (TPSA) is 97.3 Å². The summed E-state index contributed by atoms with van der Waals surface area (Å²) in [4.78, 5) is 14.8. The van der Waals surface area contributed by atoms with Gasteiger partial charge >= 0.3 is 0 Å². The summed E-state index contributed by atoms with van der Waals surface area (Å²) in [6, 6.07) is 8.54. The van der Waals surface area contributed by atoms with Gasteiger partial charge in [0.05, 0.1) is 23.0 Å². The molecule has 2 aromatic heterocycles. The van der Waals surface area contributed by atoms with Gasteiger partial charge in [0.1, 0.15) is 0 Å². The number of halogens is 2. The van der Waals surface area contributed by atoms with Gasteiger partial charge in [-0.3, -0.25) is 14.6 Å². The van der Waals surface area contributed by atoms with Gasteiger partial charge in [0.25, 0.3) is 16.4 Å². The van der Waals surface area contributed by atoms with Crippen molar-refractivity contribution in [2.75, 3.05) is 17.9 Å². The Morgan fingerprint density at radius 3 is 2.57 bits per heavy atom. The molecule has 1 aromatic carbocycles. The molecule has 0 saturated carbocycles. The summed E-state index contributed by atoms with van der Waals surface area (Å²) in [5.74, 6) is 0.324. The molecule has 3 aromatic rings. The van der Waals surface area contributed by atoms with Crippen molar-refractivity contribution in [1.29, 1.82) is 0 Å². The van der Waals surface area contributed by atoms with Crippen LogP contribution in [0.2, 0.25) is 0 Å². The van der Waals surface area contributed by atoms with Gasteiger partial charge in [-0.05, 0) is 48.6 Å². The summed E-state index contributed by atoms with van der Waals surface area (Å²) >= 11 is 0. The first-order chi connectivity index (χ1) is 16.7. The van der Waals surface area contributed by atoms with Crippen LogP contribution in [0.1, 0.15) is 42.3 Å². The van der Waals surface area contributed by atoms with Gasteiger partial charge in [-0.25, -0.2) is 27.2 Å². The normalized spacial score (nSPS) is 15.0. The molecule has 186 valence electrons. The van der Waals surface area contributed by atoms with E-state index in [1.54, 1.807) is 30.6 Å². The molecule has 0 radical (unpaired) electrons. The molecule has 0 bridgehead atoms. The van der Waals surface area contributed by atoms with Crippen LogP contribution in [-0.2, 0) is 29.4 Å². The fraction of sp³-hybridized carbons (Fsp3) is 0.375. The van der Waals surface area contributed by atoms with E-state index >= 15 is 0 Å². The standard InChI is InChI=1S/C24H27F2N5O3S/c1-3-20-12-28-23(13-27-20)30-35(32,33)21-6-4-17-8-9-31(14-19(17)10-21)16(2)18-5-7-24(29-11-18)34-15-22(25)26/h4-7,10-13,16,22H,3,8-9,14-15H2,1-2H3,(H,28,30). The highest BCUT2D eigenvalue weighted by molar-refractivity contribution is 7.92. The number of ether oxygens (including phenoxy) is 1. The summed E-state index contributed by atoms with van der Waals surface area (Å²) in [6.07, 6.45) is 3.53. The summed E-state index contributed by atoms with van der Waals surface area (Å²) in [5, 5.41) is 0. The lowest BCUT2D eigenvalue weighted by atomic mass is 9.97. The van der Waals surface area contributed by atoms with E-state index in [4.69, 9.17) is 4.74 Å². The van der Waals surface area contributed by atoms with Crippen molar-refractivity contribution in [3.63, 3.8) is 0 Å². The molecule has 1 unspecified atom stereocenters. The number of fused-ring (bicyclic) bond motifs is 1. The molecule has 11 heteroatoms. The number of aryl methyl sites for hydroxylation is 1. The van der Waals surface area contributed by atoms with E-state index in [9.17, 15) is 17.2 Å². The minimum atomic E-state index is -3.82. The van der Waals surface area contributed by atoms with Crippen LogP contribution in [-0.4, -0.2) is 47.8 Å². The molecule has 1 aliphatic rings. The van der Waals surface area contributed by atoms with Crippen molar-refractivity contribution in [1.82, 2.24) is 19.9 Å². The number of benzene rings is 1. The predicted molar refractivity (Wildman–Crippen MR) is 127 cm³/mol. The fourth-order valence-electron chi connectivity index (χ4n) is 3.92. The molecule has 1 N–H and O–H groups in total. The minimum absolute atomic E-state index is 0.00876. The molecule has 0 amide bonds. The van der Waals surface area contributed by atoms with Crippen LogP contribution in [0.25, 0.3) is 0 Å². The van der Waals surface area contributed by atoms with Crippen molar-refractivity contribution >= 4 is 15.8 Å². The Bertz CT molecular complexity index is 1260. The van der Waals surface area contributed by atoms with E-state index in [1.807, 2.05) is 26.0 Å². The van der Waals surface area contributed by atoms with E-state index in [2.05, 4.69) is 24.6 Å². The number of anilines is 1. The van der Waals surface area contributed by atoms with Gasteiger partial charge in [0, 0.05) is 31.4 Å². The van der Waals surface area contributed by atoms with Gasteiger partial charge in [-0.15, -0.1) is 0 Å². The van der Waals surface area contributed by atoms with Crippen molar-refractivity contribution in [2.45, 2.75) is 50.6 Å². The Hall–Kier alpha value is -3.18. The second-order valence-electron chi connectivity index (χ2n) is 8.31. The highest BCUT2D eigenvalue weighted by atomic mass is 32.2. The highest BCUT2D eigenvalue weighted by Crippen LogP contribution is 2.29. The van der Waals surface area contributed by atoms with E-state index in [-0.39, 0.29) is 22.6 Å². The first-order valence-corrected chi connectivity index (χ1v) is 12.8. The average molecular weight is 504 g/mol. The molecule has 0 aliphatic carbocycles. The number of pyridine rings is 1. The van der Waals surface area contributed by atoms with E-state index in [0.717, 1.165) is 35.3 Å². The van der Waals surface area contributed by atoms with Crippen molar-refractivity contribution in [3.05, 3.63) is 71.3 Å². The number of hydrogen-bond donors (Lipinski definition) is 1. The Balaban J connectivity index is 1.46. The molecule has 1 aliphatic heterocycles. The highest BCUT2D eigenvalue weighted by Gasteiger charge is 2.24. The molecule has 35 heavy (non-hydrogen) atoms. The third-order valence-corrected chi connectivity index (χ3v) is 7.34. The number of nitrogens with zero attached hydrogens (tertiary/aromatic N) is 4. The summed E-state index contributed by atoms with van der Waals surface area (Å²) in [5.41, 5.74) is 3.73. The zero-order chi connectivity index (χ0) is 25.0. The predicted octanol–water partition coefficient (Wildman–Crippen LogP) is 4.00. The number of aromatic nitrogens is 3. The Morgan fingerprint density at radius 1 is 1.09 bits per heavy atom. The smallest absolute Gasteiger partial charge is 0.272 e. The maximum absolute atomic E-state index is 12.9. The lowest BCUT2D eigenvalue weighted by Gasteiger charge is -2.34. The van der Waals surface area contributed by atoms with Crippen molar-refractivity contribution < 1.29 is 21.9 Å². The van der Waals surface area contributed by atoms with Crippen LogP contribution < -0.4 is 9.46 Å². The summed E-state index contributed by atoms with van der Waals surface area (Å²) in [6.45, 7) is 4.64. The Labute approximate surface area is 203 Å². The third-order valence-electron chi connectivity index (χ3n) is 5.98. The number of rotatable bonds is 9. The van der Waals surface area contributed by atoms with Crippen molar-refractivity contribution in [2.24, 2.45) is 0 Å². The molecule has 3 heterocycles. The maximum Gasteiger partial charge on any atom is 0.272 e. The van der Waals surface area contributed by atoms with Gasteiger partial charge in [0.2, 0.25) is 5.88 Å². The SMILES string of the molecule is CCc1cnc(NS(=O)(=O)c2ccc3c(c2)CN(C(C)c2ccc(OCC(F)F)nc2)CC3)cn1. The lowest BCUT2D eigenvalue weighted by Crippen LogP contribution is -2.33. The Kier molecular flexibility index (Phi) is 7.56. The molecule has 8 nitrogen and oxygen atoms in total.